The molecule has 26 heavy (non-hydrogen) atoms. The van der Waals surface area contributed by atoms with Gasteiger partial charge in [0.25, 0.3) is 0 Å². The average molecular weight is 350 g/mol. The molecule has 1 aromatic carbocycles. The Kier molecular flexibility index (Phi) is 4.37. The average Bonchev–Trinajstić information content (AvgIpc) is 3.08. The van der Waals surface area contributed by atoms with Crippen molar-refractivity contribution in [2.24, 2.45) is 0 Å². The summed E-state index contributed by atoms with van der Waals surface area (Å²) in [6, 6.07) is 13.1. The van der Waals surface area contributed by atoms with E-state index in [0.717, 1.165) is 26.9 Å². The van der Waals surface area contributed by atoms with E-state index in [-0.39, 0.29) is 5.82 Å². The normalized spacial score (nSPS) is 17.3. The standard InChI is InChI=1S/C22H25FN3/c1-26(2)13-9-17(10-14-26)21-15-20(16-7-11-24-12-8-16)22(25-21)18-3-5-19(23)6-4-18/h3-8,11-12,15,17,25H,9-10,13-14H2,1-2H3/q+1. The fraction of sp³-hybridized carbons (Fsp3) is 0.318. The molecule has 1 fully saturated rings. The number of piperidine rings is 1. The Morgan fingerprint density at radius 2 is 1.62 bits per heavy atom. The van der Waals surface area contributed by atoms with Gasteiger partial charge in [0.15, 0.2) is 0 Å². The maximum atomic E-state index is 13.4. The predicted molar refractivity (Wildman–Crippen MR) is 103 cm³/mol. The van der Waals surface area contributed by atoms with Crippen LogP contribution in [0.5, 0.6) is 0 Å². The summed E-state index contributed by atoms with van der Waals surface area (Å²) in [7, 11) is 4.61. The summed E-state index contributed by atoms with van der Waals surface area (Å²) in [5.41, 5.74) is 5.65. The number of pyridine rings is 1. The Morgan fingerprint density at radius 1 is 0.962 bits per heavy atom. The van der Waals surface area contributed by atoms with Crippen molar-refractivity contribution in [3.8, 4) is 22.4 Å². The summed E-state index contributed by atoms with van der Waals surface area (Å²) < 4.78 is 14.5. The first-order chi connectivity index (χ1) is 12.5. The largest absolute Gasteiger partial charge is 0.358 e. The molecule has 3 heterocycles. The van der Waals surface area contributed by atoms with E-state index in [1.807, 2.05) is 36.7 Å². The van der Waals surface area contributed by atoms with Crippen molar-refractivity contribution < 1.29 is 8.87 Å². The molecule has 1 saturated heterocycles. The lowest BCUT2D eigenvalue weighted by Crippen LogP contribution is -2.45. The molecule has 4 rings (SSSR count). The summed E-state index contributed by atoms with van der Waals surface area (Å²) in [6.45, 7) is 2.39. The van der Waals surface area contributed by atoms with E-state index in [1.54, 1.807) is 0 Å². The summed E-state index contributed by atoms with van der Waals surface area (Å²) >= 11 is 0. The van der Waals surface area contributed by atoms with E-state index >= 15 is 0 Å². The fourth-order valence-electron chi connectivity index (χ4n) is 3.88. The minimum absolute atomic E-state index is 0.210. The Bertz CT molecular complexity index is 872. The summed E-state index contributed by atoms with van der Waals surface area (Å²) in [4.78, 5) is 7.80. The molecule has 1 aliphatic rings. The van der Waals surface area contributed by atoms with Crippen LogP contribution in [0.4, 0.5) is 4.39 Å². The Hall–Kier alpha value is -2.46. The summed E-state index contributed by atoms with van der Waals surface area (Å²) in [5, 5.41) is 0. The van der Waals surface area contributed by atoms with E-state index < -0.39 is 0 Å². The number of hydrogen-bond donors (Lipinski definition) is 1. The van der Waals surface area contributed by atoms with Crippen LogP contribution in [-0.4, -0.2) is 41.6 Å². The third-order valence-corrected chi connectivity index (χ3v) is 5.57. The second-order valence-corrected chi connectivity index (χ2v) is 7.91. The van der Waals surface area contributed by atoms with Gasteiger partial charge in [-0.05, 0) is 53.6 Å². The molecule has 0 saturated carbocycles. The maximum absolute atomic E-state index is 13.4. The van der Waals surface area contributed by atoms with Gasteiger partial charge in [-0.2, -0.15) is 0 Å². The zero-order chi connectivity index (χ0) is 18.1. The SMILES string of the molecule is C[N+]1(C)CCC(c2cc(-c3ccncc3)c(-c3ccc(F)cc3)[nH]2)CC1. The number of benzene rings is 1. The number of H-pyrrole nitrogens is 1. The van der Waals surface area contributed by atoms with Crippen molar-refractivity contribution in [2.45, 2.75) is 18.8 Å². The van der Waals surface area contributed by atoms with E-state index in [4.69, 9.17) is 0 Å². The van der Waals surface area contributed by atoms with Crippen LogP contribution < -0.4 is 0 Å². The van der Waals surface area contributed by atoms with Gasteiger partial charge in [0.2, 0.25) is 0 Å². The highest BCUT2D eigenvalue weighted by atomic mass is 19.1. The van der Waals surface area contributed by atoms with Gasteiger partial charge < -0.3 is 9.47 Å². The topological polar surface area (TPSA) is 28.7 Å². The zero-order valence-corrected chi connectivity index (χ0v) is 15.4. The smallest absolute Gasteiger partial charge is 0.123 e. The number of likely N-dealkylation sites (tertiary alicyclic amines) is 1. The second-order valence-electron chi connectivity index (χ2n) is 7.91. The third-order valence-electron chi connectivity index (χ3n) is 5.57. The summed E-state index contributed by atoms with van der Waals surface area (Å²) in [5.74, 6) is 0.342. The number of halogens is 1. The maximum Gasteiger partial charge on any atom is 0.123 e. The molecule has 3 aromatic rings. The van der Waals surface area contributed by atoms with Crippen LogP contribution in [0.2, 0.25) is 0 Å². The van der Waals surface area contributed by atoms with Crippen LogP contribution in [0.1, 0.15) is 24.5 Å². The lowest BCUT2D eigenvalue weighted by molar-refractivity contribution is -0.895. The first-order valence-electron chi connectivity index (χ1n) is 9.23. The molecule has 134 valence electrons. The number of quaternary nitrogens is 1. The minimum atomic E-state index is -0.210. The van der Waals surface area contributed by atoms with Crippen molar-refractivity contribution in [3.05, 3.63) is 66.4 Å². The van der Waals surface area contributed by atoms with Crippen LogP contribution >= 0.6 is 0 Å². The van der Waals surface area contributed by atoms with Gasteiger partial charge in [-0.1, -0.05) is 0 Å². The van der Waals surface area contributed by atoms with Gasteiger partial charge in [0, 0.05) is 42.4 Å². The van der Waals surface area contributed by atoms with E-state index in [1.165, 1.54) is 43.8 Å². The van der Waals surface area contributed by atoms with Gasteiger partial charge in [-0.3, -0.25) is 4.98 Å². The van der Waals surface area contributed by atoms with Crippen LogP contribution in [-0.2, 0) is 0 Å². The molecule has 3 nitrogen and oxygen atoms in total. The summed E-state index contributed by atoms with van der Waals surface area (Å²) in [6.07, 6.45) is 6.01. The molecule has 4 heteroatoms. The predicted octanol–water partition coefficient (Wildman–Crippen LogP) is 4.84. The molecule has 0 bridgehead atoms. The molecule has 0 aliphatic carbocycles. The Morgan fingerprint density at radius 3 is 2.27 bits per heavy atom. The van der Waals surface area contributed by atoms with Gasteiger partial charge >= 0.3 is 0 Å². The van der Waals surface area contributed by atoms with E-state index in [9.17, 15) is 4.39 Å². The molecular weight excluding hydrogens is 325 g/mol. The molecule has 0 radical (unpaired) electrons. The third kappa shape index (κ3) is 3.42. The molecule has 2 aromatic heterocycles. The van der Waals surface area contributed by atoms with Crippen LogP contribution in [0, 0.1) is 5.82 Å². The molecule has 1 N–H and O–H groups in total. The minimum Gasteiger partial charge on any atom is -0.358 e. The number of hydrogen-bond acceptors (Lipinski definition) is 1. The zero-order valence-electron chi connectivity index (χ0n) is 15.4. The lowest BCUT2D eigenvalue weighted by atomic mass is 9.92. The second kappa shape index (κ2) is 6.69. The number of nitrogens with one attached hydrogen (secondary N) is 1. The first-order valence-corrected chi connectivity index (χ1v) is 9.23. The number of nitrogens with zero attached hydrogens (tertiary/aromatic N) is 2. The van der Waals surface area contributed by atoms with Gasteiger partial charge in [0.05, 0.1) is 32.9 Å². The molecule has 0 spiro atoms. The highest BCUT2D eigenvalue weighted by molar-refractivity contribution is 5.81. The van der Waals surface area contributed by atoms with Crippen molar-refractivity contribution >= 4 is 0 Å². The van der Waals surface area contributed by atoms with Gasteiger partial charge in [-0.25, -0.2) is 4.39 Å². The van der Waals surface area contributed by atoms with Crippen molar-refractivity contribution in [2.75, 3.05) is 27.2 Å². The van der Waals surface area contributed by atoms with Crippen LogP contribution in [0.25, 0.3) is 22.4 Å². The van der Waals surface area contributed by atoms with Gasteiger partial charge in [0.1, 0.15) is 5.82 Å². The van der Waals surface area contributed by atoms with E-state index in [2.05, 4.69) is 30.1 Å². The van der Waals surface area contributed by atoms with Gasteiger partial charge in [-0.15, -0.1) is 0 Å². The fourth-order valence-corrected chi connectivity index (χ4v) is 3.88. The van der Waals surface area contributed by atoms with Crippen LogP contribution in [0.15, 0.2) is 54.9 Å². The quantitative estimate of drug-likeness (QED) is 0.673. The number of aromatic amines is 1. The Labute approximate surface area is 154 Å². The highest BCUT2D eigenvalue weighted by Crippen LogP contribution is 2.37. The lowest BCUT2D eigenvalue weighted by Gasteiger charge is -2.36. The van der Waals surface area contributed by atoms with E-state index in [0.29, 0.717) is 5.92 Å². The molecule has 0 unspecified atom stereocenters. The van der Waals surface area contributed by atoms with Crippen molar-refractivity contribution in [1.29, 1.82) is 0 Å². The molecule has 0 atom stereocenters. The monoisotopic (exact) mass is 350 g/mol. The van der Waals surface area contributed by atoms with Crippen LogP contribution in [0.3, 0.4) is 0 Å². The number of aromatic nitrogens is 2. The molecule has 0 amide bonds. The van der Waals surface area contributed by atoms with Crippen molar-refractivity contribution in [1.82, 2.24) is 9.97 Å². The molecular formula is C22H25FN3+. The molecule has 1 aliphatic heterocycles. The van der Waals surface area contributed by atoms with Crippen molar-refractivity contribution in [3.63, 3.8) is 0 Å². The number of rotatable bonds is 3. The highest BCUT2D eigenvalue weighted by Gasteiger charge is 2.28. The Balaban J connectivity index is 1.74. The first kappa shape index (κ1) is 17.0.